The van der Waals surface area contributed by atoms with E-state index in [9.17, 15) is 40.9 Å². The van der Waals surface area contributed by atoms with E-state index >= 15 is 0 Å². The zero-order valence-corrected chi connectivity index (χ0v) is 29.2. The van der Waals surface area contributed by atoms with Gasteiger partial charge in [-0.25, -0.2) is 0 Å². The lowest BCUT2D eigenvalue weighted by atomic mass is 9.41. The van der Waals surface area contributed by atoms with Gasteiger partial charge in [-0.2, -0.15) is 0 Å². The van der Waals surface area contributed by atoms with E-state index in [0.717, 1.165) is 25.7 Å². The molecule has 18 atom stereocenters. The van der Waals surface area contributed by atoms with Crippen LogP contribution in [0.2, 0.25) is 0 Å². The van der Waals surface area contributed by atoms with Crippen LogP contribution < -0.4 is 0 Å². The average molecular weight is 669 g/mol. The topological polar surface area (TPSA) is 190 Å². The summed E-state index contributed by atoms with van der Waals surface area (Å²) in [5.41, 5.74) is -3.40. The van der Waals surface area contributed by atoms with E-state index in [4.69, 9.17) is 14.2 Å². The smallest absolute Gasteiger partial charge is 0.186 e. The van der Waals surface area contributed by atoms with Crippen molar-refractivity contribution in [3.63, 3.8) is 0 Å². The van der Waals surface area contributed by atoms with Gasteiger partial charge in [-0.05, 0) is 105 Å². The van der Waals surface area contributed by atoms with Crippen LogP contribution in [0.15, 0.2) is 0 Å². The molecule has 0 bridgehead atoms. The first-order chi connectivity index (χ1) is 21.6. The van der Waals surface area contributed by atoms with Gasteiger partial charge in [-0.1, -0.05) is 27.7 Å². The normalized spacial score (nSPS) is 59.9. The van der Waals surface area contributed by atoms with Gasteiger partial charge in [0.25, 0.3) is 0 Å². The fraction of sp³-hybridized carbons (Fsp3) is 1.00. The SMILES string of the molecule is CC(C)(O)C1C[C@@H](O)[C@@](C)([C@H]2[C@@H](O)C[C@@]3(C)[C@@H]4C[C@H](O)[C@H]5C(C)(C)[C@@H](O[C@@H]6O[C@H](CO)[C@@H](O)[C@H](O)[C@H]6O)CC[C@@]56C[C@@]46CC[C@]23C)O1. The number of rotatable bonds is 5. The van der Waals surface area contributed by atoms with Crippen molar-refractivity contribution in [3.05, 3.63) is 0 Å². The van der Waals surface area contributed by atoms with Crippen LogP contribution in [0.3, 0.4) is 0 Å². The second-order valence-corrected chi connectivity index (χ2v) is 18.8. The third kappa shape index (κ3) is 4.38. The third-order valence-electron chi connectivity index (χ3n) is 16.0. The summed E-state index contributed by atoms with van der Waals surface area (Å²) in [7, 11) is 0. The van der Waals surface area contributed by atoms with E-state index in [-0.39, 0.29) is 39.4 Å². The zero-order valence-electron chi connectivity index (χ0n) is 29.2. The highest BCUT2D eigenvalue weighted by molar-refractivity contribution is 5.33. The lowest BCUT2D eigenvalue weighted by Gasteiger charge is -2.65. The summed E-state index contributed by atoms with van der Waals surface area (Å²) < 4.78 is 18.7. The van der Waals surface area contributed by atoms with Crippen molar-refractivity contribution >= 4 is 0 Å². The van der Waals surface area contributed by atoms with Gasteiger partial charge < -0.3 is 55.1 Å². The second-order valence-electron chi connectivity index (χ2n) is 18.8. The molecule has 2 heterocycles. The minimum Gasteiger partial charge on any atom is -0.394 e. The van der Waals surface area contributed by atoms with Gasteiger partial charge in [0.2, 0.25) is 0 Å². The molecule has 0 aromatic rings. The van der Waals surface area contributed by atoms with E-state index < -0.39 is 84.4 Å². The van der Waals surface area contributed by atoms with Gasteiger partial charge in [0.1, 0.15) is 24.4 Å². The second kappa shape index (κ2) is 10.6. The van der Waals surface area contributed by atoms with Gasteiger partial charge >= 0.3 is 0 Å². The van der Waals surface area contributed by atoms with Crippen LogP contribution in [-0.4, -0.2) is 120 Å². The van der Waals surface area contributed by atoms with Crippen molar-refractivity contribution in [2.75, 3.05) is 6.61 Å². The first-order valence-electron chi connectivity index (χ1n) is 18.0. The van der Waals surface area contributed by atoms with Gasteiger partial charge in [-0.15, -0.1) is 0 Å². The molecule has 8 N–H and O–H groups in total. The van der Waals surface area contributed by atoms with Gasteiger partial charge in [-0.3, -0.25) is 0 Å². The van der Waals surface area contributed by atoms with Crippen molar-refractivity contribution in [2.24, 2.45) is 44.8 Å². The molecule has 2 aliphatic heterocycles. The van der Waals surface area contributed by atoms with Crippen molar-refractivity contribution < 1.29 is 55.1 Å². The minimum absolute atomic E-state index is 0.0107. The number of fused-ring (bicyclic) bond motifs is 2. The molecule has 7 rings (SSSR count). The Labute approximate surface area is 278 Å². The van der Waals surface area contributed by atoms with Crippen LogP contribution in [0.5, 0.6) is 0 Å². The number of ether oxygens (including phenoxy) is 3. The molecular formula is C36H60O11. The number of hydrogen-bond acceptors (Lipinski definition) is 11. The highest BCUT2D eigenvalue weighted by atomic mass is 16.7. The van der Waals surface area contributed by atoms with E-state index in [1.165, 1.54) is 0 Å². The summed E-state index contributed by atoms with van der Waals surface area (Å²) in [6.07, 6.45) is -3.94. The lowest BCUT2D eigenvalue weighted by Crippen LogP contribution is -2.64. The zero-order chi connectivity index (χ0) is 34.5. The van der Waals surface area contributed by atoms with Crippen LogP contribution in [0.4, 0.5) is 0 Å². The predicted octanol–water partition coefficient (Wildman–Crippen LogP) is 1.23. The average Bonchev–Trinajstić information content (AvgIpc) is 3.42. The summed E-state index contributed by atoms with van der Waals surface area (Å²) in [5, 5.41) is 87.4. The van der Waals surface area contributed by atoms with Gasteiger partial charge in [0.15, 0.2) is 6.29 Å². The van der Waals surface area contributed by atoms with E-state index in [0.29, 0.717) is 25.7 Å². The molecule has 11 heteroatoms. The molecule has 5 aliphatic carbocycles. The molecule has 5 saturated carbocycles. The standard InChI is InChI=1S/C36H60O11/c1-30(2)22(46-29-26(43)25(42)24(41)19(15-37)45-29)8-9-36-16-35(36)11-10-32(5)28(34(7)21(40)13-23(47-34)31(3,4)44)18(39)14-33(32,6)20(35)12-17(38)27(30)36/h17-29,37-44H,8-16H2,1-7H3/t17-,18-,19+,20-,21+,22-,23?,24+,25-,26+,27-,28-,29-,32+,33-,34-,35-,36+/m0/s1. The Morgan fingerprint density at radius 3 is 2.09 bits per heavy atom. The molecule has 2 spiro atoms. The summed E-state index contributed by atoms with van der Waals surface area (Å²) >= 11 is 0. The van der Waals surface area contributed by atoms with Crippen LogP contribution >= 0.6 is 0 Å². The molecule has 47 heavy (non-hydrogen) atoms. The highest BCUT2D eigenvalue weighted by Crippen LogP contribution is 2.89. The lowest BCUT2D eigenvalue weighted by molar-refractivity contribution is -0.329. The molecule has 2 saturated heterocycles. The van der Waals surface area contributed by atoms with Crippen molar-refractivity contribution in [2.45, 2.75) is 172 Å². The molecule has 7 aliphatic rings. The fourth-order valence-electron chi connectivity index (χ4n) is 13.6. The monoisotopic (exact) mass is 668 g/mol. The molecule has 11 nitrogen and oxygen atoms in total. The molecule has 1 unspecified atom stereocenters. The maximum absolute atomic E-state index is 12.2. The molecule has 7 fully saturated rings. The summed E-state index contributed by atoms with van der Waals surface area (Å²) in [6, 6.07) is 0. The third-order valence-corrected chi connectivity index (χ3v) is 16.0. The Morgan fingerprint density at radius 2 is 1.47 bits per heavy atom. The van der Waals surface area contributed by atoms with Crippen LogP contribution in [0.25, 0.3) is 0 Å². The number of aliphatic hydroxyl groups is 8. The first-order valence-corrected chi connectivity index (χ1v) is 18.0. The van der Waals surface area contributed by atoms with Crippen LogP contribution in [0, 0.1) is 44.8 Å². The molecular weight excluding hydrogens is 608 g/mol. The molecule has 0 aromatic heterocycles. The van der Waals surface area contributed by atoms with Crippen molar-refractivity contribution in [1.29, 1.82) is 0 Å². The van der Waals surface area contributed by atoms with Crippen molar-refractivity contribution in [3.8, 4) is 0 Å². The Morgan fingerprint density at radius 1 is 0.787 bits per heavy atom. The van der Waals surface area contributed by atoms with Gasteiger partial charge in [0, 0.05) is 12.3 Å². The summed E-state index contributed by atoms with van der Waals surface area (Å²) in [5.74, 6) is -0.232. The van der Waals surface area contributed by atoms with Gasteiger partial charge in [0.05, 0.1) is 48.3 Å². The first kappa shape index (κ1) is 35.0. The van der Waals surface area contributed by atoms with E-state index in [1.807, 2.05) is 6.92 Å². The summed E-state index contributed by atoms with van der Waals surface area (Å²) in [4.78, 5) is 0. The Hall–Kier alpha value is -0.440. The van der Waals surface area contributed by atoms with Crippen LogP contribution in [0.1, 0.15) is 99.8 Å². The minimum atomic E-state index is -1.52. The number of hydrogen-bond donors (Lipinski definition) is 8. The largest absolute Gasteiger partial charge is 0.394 e. The van der Waals surface area contributed by atoms with Crippen molar-refractivity contribution in [1.82, 2.24) is 0 Å². The Bertz CT molecular complexity index is 1240. The fourth-order valence-corrected chi connectivity index (χ4v) is 13.6. The highest BCUT2D eigenvalue weighted by Gasteiger charge is 2.85. The molecule has 0 radical (unpaired) electrons. The maximum Gasteiger partial charge on any atom is 0.186 e. The molecule has 0 aromatic carbocycles. The quantitative estimate of drug-likeness (QED) is 0.197. The van der Waals surface area contributed by atoms with E-state index in [1.54, 1.807) is 13.8 Å². The Kier molecular flexibility index (Phi) is 7.86. The molecule has 270 valence electrons. The van der Waals surface area contributed by atoms with E-state index in [2.05, 4.69) is 27.7 Å². The molecule has 0 amide bonds. The number of aliphatic hydroxyl groups excluding tert-OH is 7. The maximum atomic E-state index is 12.2. The Balaban J connectivity index is 1.16. The predicted molar refractivity (Wildman–Crippen MR) is 169 cm³/mol. The summed E-state index contributed by atoms with van der Waals surface area (Å²) in [6.45, 7) is 13.6. The van der Waals surface area contributed by atoms with Crippen LogP contribution in [-0.2, 0) is 14.2 Å².